The first-order valence-corrected chi connectivity index (χ1v) is 7.09. The summed E-state index contributed by atoms with van der Waals surface area (Å²) >= 11 is 0. The minimum Gasteiger partial charge on any atom is -0.347 e. The van der Waals surface area contributed by atoms with Gasteiger partial charge in [-0.3, -0.25) is 0 Å². The topological polar surface area (TPSA) is 30.9 Å². The van der Waals surface area contributed by atoms with Crippen LogP contribution >= 0.6 is 0 Å². The van der Waals surface area contributed by atoms with Gasteiger partial charge in [-0.25, -0.2) is 0 Å². The lowest BCUT2D eigenvalue weighted by Crippen LogP contribution is -2.12. The molecule has 0 atom stereocenters. The van der Waals surface area contributed by atoms with E-state index in [1.165, 1.54) is 54.3 Å². The Balaban J connectivity index is 2.17. The van der Waals surface area contributed by atoms with E-state index in [4.69, 9.17) is 5.73 Å². The normalized spacial score (nSPS) is 17.4. The van der Waals surface area contributed by atoms with E-state index in [0.29, 0.717) is 6.54 Å². The van der Waals surface area contributed by atoms with Gasteiger partial charge in [-0.1, -0.05) is 37.5 Å². The maximum absolute atomic E-state index is 6.02. The van der Waals surface area contributed by atoms with Gasteiger partial charge in [0.2, 0.25) is 0 Å². The quantitative estimate of drug-likeness (QED) is 0.855. The molecule has 0 radical (unpaired) electrons. The second kappa shape index (κ2) is 4.77. The Morgan fingerprint density at radius 3 is 2.61 bits per heavy atom. The smallest absolute Gasteiger partial charge is 0.0483 e. The Bertz CT molecular complexity index is 547. The number of nitrogens with zero attached hydrogens (tertiary/aromatic N) is 1. The number of para-hydroxylation sites is 1. The van der Waals surface area contributed by atoms with Crippen molar-refractivity contribution in [1.82, 2.24) is 4.57 Å². The Kier molecular flexibility index (Phi) is 3.13. The van der Waals surface area contributed by atoms with Gasteiger partial charge in [0.1, 0.15) is 0 Å². The molecule has 2 heteroatoms. The molecule has 0 amide bonds. The van der Waals surface area contributed by atoms with E-state index in [0.717, 1.165) is 5.92 Å². The van der Waals surface area contributed by atoms with Crippen LogP contribution in [0.3, 0.4) is 0 Å². The van der Waals surface area contributed by atoms with Crippen molar-refractivity contribution in [3.63, 3.8) is 0 Å². The molecule has 2 nitrogen and oxygen atoms in total. The predicted octanol–water partition coefficient (Wildman–Crippen LogP) is 3.68. The van der Waals surface area contributed by atoms with Gasteiger partial charge in [-0.05, 0) is 30.4 Å². The first-order chi connectivity index (χ1) is 8.83. The summed E-state index contributed by atoms with van der Waals surface area (Å²) in [4.78, 5) is 0. The maximum atomic E-state index is 6.02. The average Bonchev–Trinajstić information content (AvgIpc) is 2.73. The molecule has 1 aliphatic rings. The molecule has 0 bridgehead atoms. The van der Waals surface area contributed by atoms with Crippen LogP contribution in [0.25, 0.3) is 10.9 Å². The number of hydrogen-bond acceptors (Lipinski definition) is 1. The lowest BCUT2D eigenvalue weighted by atomic mass is 9.85. The Hall–Kier alpha value is -1.28. The van der Waals surface area contributed by atoms with Crippen LogP contribution in [-0.2, 0) is 13.6 Å². The van der Waals surface area contributed by atoms with Crippen molar-refractivity contribution in [2.75, 3.05) is 0 Å². The van der Waals surface area contributed by atoms with Crippen LogP contribution in [0, 0.1) is 0 Å². The third kappa shape index (κ3) is 1.76. The van der Waals surface area contributed by atoms with Crippen LogP contribution in [0.5, 0.6) is 0 Å². The monoisotopic (exact) mass is 242 g/mol. The molecule has 0 aliphatic heterocycles. The molecule has 96 valence electrons. The molecule has 18 heavy (non-hydrogen) atoms. The zero-order chi connectivity index (χ0) is 12.5. The number of benzene rings is 1. The van der Waals surface area contributed by atoms with Gasteiger partial charge in [0, 0.05) is 30.2 Å². The van der Waals surface area contributed by atoms with Crippen LogP contribution in [-0.4, -0.2) is 4.57 Å². The number of aromatic nitrogens is 1. The maximum Gasteiger partial charge on any atom is 0.0483 e. The molecule has 1 fully saturated rings. The van der Waals surface area contributed by atoms with Gasteiger partial charge in [0.25, 0.3) is 0 Å². The van der Waals surface area contributed by atoms with Crippen molar-refractivity contribution < 1.29 is 0 Å². The summed E-state index contributed by atoms with van der Waals surface area (Å²) in [5.74, 6) is 0.717. The Morgan fingerprint density at radius 1 is 1.17 bits per heavy atom. The Labute approximate surface area is 109 Å². The molecule has 3 rings (SSSR count). The standard InChI is InChI=1S/C16H22N2/c1-18-15-10-6-5-9-13(15)14(11-17)16(18)12-7-3-2-4-8-12/h5-6,9-10,12H,2-4,7-8,11,17H2,1H3. The summed E-state index contributed by atoms with van der Waals surface area (Å²) in [5.41, 5.74) is 10.2. The highest BCUT2D eigenvalue weighted by atomic mass is 15.0. The summed E-state index contributed by atoms with van der Waals surface area (Å²) < 4.78 is 2.38. The summed E-state index contributed by atoms with van der Waals surface area (Å²) in [7, 11) is 2.20. The van der Waals surface area contributed by atoms with E-state index >= 15 is 0 Å². The first kappa shape index (κ1) is 11.8. The van der Waals surface area contributed by atoms with E-state index in [2.05, 4.69) is 35.9 Å². The lowest BCUT2D eigenvalue weighted by molar-refractivity contribution is 0.428. The number of rotatable bonds is 2. The fraction of sp³-hybridized carbons (Fsp3) is 0.500. The minimum absolute atomic E-state index is 0.660. The van der Waals surface area contributed by atoms with Crippen molar-refractivity contribution >= 4 is 10.9 Å². The number of hydrogen-bond donors (Lipinski definition) is 1. The van der Waals surface area contributed by atoms with Crippen molar-refractivity contribution in [3.05, 3.63) is 35.5 Å². The molecule has 1 saturated carbocycles. The zero-order valence-electron chi connectivity index (χ0n) is 11.2. The summed E-state index contributed by atoms with van der Waals surface area (Å²) in [6, 6.07) is 8.66. The van der Waals surface area contributed by atoms with Crippen LogP contribution in [0.1, 0.15) is 49.3 Å². The molecule has 2 aromatic rings. The zero-order valence-corrected chi connectivity index (χ0v) is 11.2. The highest BCUT2D eigenvalue weighted by Crippen LogP contribution is 2.38. The minimum atomic E-state index is 0.660. The Morgan fingerprint density at radius 2 is 1.89 bits per heavy atom. The first-order valence-electron chi connectivity index (χ1n) is 7.09. The van der Waals surface area contributed by atoms with E-state index in [1.54, 1.807) is 0 Å². The lowest BCUT2D eigenvalue weighted by Gasteiger charge is -2.24. The fourth-order valence-corrected chi connectivity index (χ4v) is 3.60. The largest absolute Gasteiger partial charge is 0.347 e. The van der Waals surface area contributed by atoms with Crippen LogP contribution < -0.4 is 5.73 Å². The summed E-state index contributed by atoms with van der Waals surface area (Å²) in [6.07, 6.45) is 6.80. The van der Waals surface area contributed by atoms with Crippen LogP contribution in [0.2, 0.25) is 0 Å². The summed E-state index contributed by atoms with van der Waals surface area (Å²) in [6.45, 7) is 0.660. The number of nitrogens with two attached hydrogens (primary N) is 1. The molecule has 1 heterocycles. The number of aryl methyl sites for hydroxylation is 1. The molecule has 0 spiro atoms. The summed E-state index contributed by atoms with van der Waals surface area (Å²) in [5, 5.41) is 1.35. The fourth-order valence-electron chi connectivity index (χ4n) is 3.60. The van der Waals surface area contributed by atoms with Crippen molar-refractivity contribution in [2.24, 2.45) is 12.8 Å². The predicted molar refractivity (Wildman–Crippen MR) is 76.6 cm³/mol. The van der Waals surface area contributed by atoms with Gasteiger partial charge in [-0.15, -0.1) is 0 Å². The highest BCUT2D eigenvalue weighted by molar-refractivity contribution is 5.85. The third-order valence-corrected chi connectivity index (χ3v) is 4.46. The average molecular weight is 242 g/mol. The van der Waals surface area contributed by atoms with E-state index in [1.807, 2.05) is 0 Å². The number of fused-ring (bicyclic) bond motifs is 1. The van der Waals surface area contributed by atoms with Crippen molar-refractivity contribution in [1.29, 1.82) is 0 Å². The van der Waals surface area contributed by atoms with Gasteiger partial charge in [0.05, 0.1) is 0 Å². The third-order valence-electron chi connectivity index (χ3n) is 4.46. The van der Waals surface area contributed by atoms with E-state index < -0.39 is 0 Å². The molecular weight excluding hydrogens is 220 g/mol. The highest BCUT2D eigenvalue weighted by Gasteiger charge is 2.23. The second-order valence-electron chi connectivity index (χ2n) is 5.48. The van der Waals surface area contributed by atoms with Gasteiger partial charge < -0.3 is 10.3 Å². The van der Waals surface area contributed by atoms with Gasteiger partial charge >= 0.3 is 0 Å². The van der Waals surface area contributed by atoms with E-state index in [9.17, 15) is 0 Å². The van der Waals surface area contributed by atoms with Crippen molar-refractivity contribution in [2.45, 2.75) is 44.6 Å². The van der Waals surface area contributed by atoms with Crippen LogP contribution in [0.4, 0.5) is 0 Å². The SMILES string of the molecule is Cn1c(C2CCCCC2)c(CN)c2ccccc21. The van der Waals surface area contributed by atoms with Gasteiger partial charge in [0.15, 0.2) is 0 Å². The van der Waals surface area contributed by atoms with Crippen LogP contribution in [0.15, 0.2) is 24.3 Å². The molecule has 0 saturated heterocycles. The molecular formula is C16H22N2. The van der Waals surface area contributed by atoms with Gasteiger partial charge in [-0.2, -0.15) is 0 Å². The molecule has 1 aliphatic carbocycles. The van der Waals surface area contributed by atoms with E-state index in [-0.39, 0.29) is 0 Å². The molecule has 0 unspecified atom stereocenters. The molecule has 1 aromatic carbocycles. The molecule has 1 aromatic heterocycles. The van der Waals surface area contributed by atoms with Crippen molar-refractivity contribution in [3.8, 4) is 0 Å². The molecule has 2 N–H and O–H groups in total. The second-order valence-corrected chi connectivity index (χ2v) is 5.48.